The summed E-state index contributed by atoms with van der Waals surface area (Å²) >= 11 is 1.48. The molecule has 3 aromatic rings. The number of benzene rings is 1. The standard InChI is InChI=1S/C21H23N5OS/c1-2-10-26-20(14-7-8-14)23-24-21(26)28-13-19(27)25-11-9-18-16(12-25)15-5-3-4-6-17(15)22-18/h2-6,14,22H,1,7-13H2. The van der Waals surface area contributed by atoms with Crippen molar-refractivity contribution in [1.29, 1.82) is 0 Å². The van der Waals surface area contributed by atoms with Gasteiger partial charge in [0, 0.05) is 54.1 Å². The second-order valence-electron chi connectivity index (χ2n) is 7.50. The van der Waals surface area contributed by atoms with Crippen molar-refractivity contribution in [2.45, 2.75) is 43.4 Å². The number of hydrogen-bond acceptors (Lipinski definition) is 4. The molecule has 1 fully saturated rings. The number of H-pyrrole nitrogens is 1. The summed E-state index contributed by atoms with van der Waals surface area (Å²) in [5, 5.41) is 10.7. The van der Waals surface area contributed by atoms with Crippen molar-refractivity contribution in [3.05, 3.63) is 54.0 Å². The lowest BCUT2D eigenvalue weighted by Gasteiger charge is -2.27. The number of carbonyl (C=O) groups is 1. The van der Waals surface area contributed by atoms with E-state index in [2.05, 4.69) is 44.5 Å². The average Bonchev–Trinajstić information content (AvgIpc) is 3.38. The molecule has 2 aromatic heterocycles. The lowest BCUT2D eigenvalue weighted by atomic mass is 10.0. The Hall–Kier alpha value is -2.54. The van der Waals surface area contributed by atoms with Crippen LogP contribution < -0.4 is 0 Å². The molecule has 1 aliphatic heterocycles. The molecule has 1 aromatic carbocycles. The normalized spacial score (nSPS) is 16.4. The number of thioether (sulfide) groups is 1. The molecular weight excluding hydrogens is 370 g/mol. The molecule has 0 atom stereocenters. The smallest absolute Gasteiger partial charge is 0.233 e. The van der Waals surface area contributed by atoms with Gasteiger partial charge in [-0.2, -0.15) is 0 Å². The molecule has 0 bridgehead atoms. The molecule has 2 aliphatic rings. The monoisotopic (exact) mass is 393 g/mol. The molecule has 1 aliphatic carbocycles. The first-order chi connectivity index (χ1) is 13.7. The van der Waals surface area contributed by atoms with Gasteiger partial charge in [0.25, 0.3) is 0 Å². The zero-order valence-corrected chi connectivity index (χ0v) is 16.5. The highest BCUT2D eigenvalue weighted by Crippen LogP contribution is 2.40. The van der Waals surface area contributed by atoms with E-state index in [0.717, 1.165) is 29.5 Å². The van der Waals surface area contributed by atoms with Gasteiger partial charge < -0.3 is 14.5 Å². The maximum atomic E-state index is 12.9. The van der Waals surface area contributed by atoms with E-state index in [9.17, 15) is 4.79 Å². The van der Waals surface area contributed by atoms with Gasteiger partial charge in [-0.05, 0) is 18.9 Å². The number of rotatable bonds is 6. The summed E-state index contributed by atoms with van der Waals surface area (Å²) < 4.78 is 2.11. The molecule has 5 rings (SSSR count). The molecule has 0 spiro atoms. The van der Waals surface area contributed by atoms with Gasteiger partial charge in [-0.25, -0.2) is 0 Å². The highest BCUT2D eigenvalue weighted by molar-refractivity contribution is 7.99. The van der Waals surface area contributed by atoms with Gasteiger partial charge in [0.05, 0.1) is 5.75 Å². The molecule has 6 nitrogen and oxygen atoms in total. The van der Waals surface area contributed by atoms with Crippen LogP contribution >= 0.6 is 11.8 Å². The van der Waals surface area contributed by atoms with Crippen molar-refractivity contribution in [1.82, 2.24) is 24.6 Å². The molecule has 0 saturated heterocycles. The molecule has 1 amide bonds. The van der Waals surface area contributed by atoms with Crippen molar-refractivity contribution in [2.75, 3.05) is 12.3 Å². The van der Waals surface area contributed by atoms with Gasteiger partial charge in [-0.15, -0.1) is 16.8 Å². The number of allylic oxidation sites excluding steroid dienone is 1. The number of aromatic nitrogens is 4. The first kappa shape index (κ1) is 17.6. The topological polar surface area (TPSA) is 66.8 Å². The fourth-order valence-corrected chi connectivity index (χ4v) is 4.81. The minimum atomic E-state index is 0.155. The molecule has 28 heavy (non-hydrogen) atoms. The molecule has 0 unspecified atom stereocenters. The Kier molecular flexibility index (Phi) is 4.47. The summed E-state index contributed by atoms with van der Waals surface area (Å²) in [5.74, 6) is 2.11. The predicted molar refractivity (Wildman–Crippen MR) is 110 cm³/mol. The van der Waals surface area contributed by atoms with Gasteiger partial charge >= 0.3 is 0 Å². The Balaban J connectivity index is 1.28. The van der Waals surface area contributed by atoms with Crippen molar-refractivity contribution in [3.8, 4) is 0 Å². The number of amides is 1. The van der Waals surface area contributed by atoms with Crippen LogP contribution in [-0.4, -0.2) is 42.9 Å². The predicted octanol–water partition coefficient (Wildman–Crippen LogP) is 3.50. The van der Waals surface area contributed by atoms with E-state index in [-0.39, 0.29) is 5.91 Å². The van der Waals surface area contributed by atoms with Crippen molar-refractivity contribution in [2.24, 2.45) is 0 Å². The highest BCUT2D eigenvalue weighted by Gasteiger charge is 2.30. The average molecular weight is 394 g/mol. The summed E-state index contributed by atoms with van der Waals surface area (Å²) in [4.78, 5) is 18.3. The Morgan fingerprint density at radius 3 is 3.00 bits per heavy atom. The van der Waals surface area contributed by atoms with Crippen molar-refractivity contribution >= 4 is 28.6 Å². The third-order valence-electron chi connectivity index (χ3n) is 5.56. The van der Waals surface area contributed by atoms with Gasteiger partial charge in [-0.3, -0.25) is 4.79 Å². The quantitative estimate of drug-likeness (QED) is 0.514. The molecule has 1 N–H and O–H groups in total. The Morgan fingerprint density at radius 1 is 1.32 bits per heavy atom. The molecule has 1 saturated carbocycles. The van der Waals surface area contributed by atoms with Gasteiger partial charge in [0.15, 0.2) is 5.16 Å². The largest absolute Gasteiger partial charge is 0.358 e. The number of aromatic amines is 1. The molecular formula is C21H23N5OS. The maximum absolute atomic E-state index is 12.9. The first-order valence-electron chi connectivity index (χ1n) is 9.77. The summed E-state index contributed by atoms with van der Waals surface area (Å²) in [7, 11) is 0. The lowest BCUT2D eigenvalue weighted by molar-refractivity contribution is -0.129. The van der Waals surface area contributed by atoms with Crippen LogP contribution in [-0.2, 0) is 24.3 Å². The van der Waals surface area contributed by atoms with E-state index in [0.29, 0.717) is 24.8 Å². The summed E-state index contributed by atoms with van der Waals surface area (Å²) in [6.07, 6.45) is 5.10. The van der Waals surface area contributed by atoms with Crippen molar-refractivity contribution in [3.63, 3.8) is 0 Å². The lowest BCUT2D eigenvalue weighted by Crippen LogP contribution is -2.37. The molecule has 0 radical (unpaired) electrons. The number of nitrogens with zero attached hydrogens (tertiary/aromatic N) is 4. The van der Waals surface area contributed by atoms with Crippen LogP contribution in [0.5, 0.6) is 0 Å². The summed E-state index contributed by atoms with van der Waals surface area (Å²) in [5.41, 5.74) is 3.67. The number of hydrogen-bond donors (Lipinski definition) is 1. The number of nitrogens with one attached hydrogen (secondary N) is 1. The van der Waals surface area contributed by atoms with Crippen LogP contribution in [0.3, 0.4) is 0 Å². The van der Waals surface area contributed by atoms with E-state index in [1.54, 1.807) is 0 Å². The van der Waals surface area contributed by atoms with Crippen LogP contribution in [0.25, 0.3) is 10.9 Å². The van der Waals surface area contributed by atoms with Crippen molar-refractivity contribution < 1.29 is 4.79 Å². The minimum Gasteiger partial charge on any atom is -0.358 e. The van der Waals surface area contributed by atoms with E-state index >= 15 is 0 Å². The minimum absolute atomic E-state index is 0.155. The Bertz CT molecular complexity index is 1050. The highest BCUT2D eigenvalue weighted by atomic mass is 32.2. The summed E-state index contributed by atoms with van der Waals surface area (Å²) in [6.45, 7) is 5.96. The Morgan fingerprint density at radius 2 is 2.18 bits per heavy atom. The fourth-order valence-electron chi connectivity index (χ4n) is 3.95. The van der Waals surface area contributed by atoms with Crippen LogP contribution in [0, 0.1) is 0 Å². The van der Waals surface area contributed by atoms with Crippen LogP contribution in [0.15, 0.2) is 42.1 Å². The van der Waals surface area contributed by atoms with Gasteiger partial charge in [-0.1, -0.05) is 36.0 Å². The Labute approximate surface area is 168 Å². The number of fused-ring (bicyclic) bond motifs is 3. The van der Waals surface area contributed by atoms with Gasteiger partial charge in [0.2, 0.25) is 5.91 Å². The third kappa shape index (κ3) is 3.13. The van der Waals surface area contributed by atoms with E-state index < -0.39 is 0 Å². The van der Waals surface area contributed by atoms with E-state index in [1.807, 2.05) is 17.0 Å². The third-order valence-corrected chi connectivity index (χ3v) is 6.51. The molecule has 144 valence electrons. The molecule has 3 heterocycles. The zero-order valence-electron chi connectivity index (χ0n) is 15.7. The fraction of sp³-hybridized carbons (Fsp3) is 0.381. The number of para-hydroxylation sites is 1. The van der Waals surface area contributed by atoms with Crippen LogP contribution in [0.4, 0.5) is 0 Å². The SMILES string of the molecule is C=CCn1c(SCC(=O)N2CCc3[nH]c4ccccc4c3C2)nnc1C1CC1. The molecule has 7 heteroatoms. The number of carbonyl (C=O) groups excluding carboxylic acids is 1. The van der Waals surface area contributed by atoms with E-state index in [4.69, 9.17) is 0 Å². The van der Waals surface area contributed by atoms with Gasteiger partial charge in [0.1, 0.15) is 5.82 Å². The van der Waals surface area contributed by atoms with Crippen LogP contribution in [0.2, 0.25) is 0 Å². The second-order valence-corrected chi connectivity index (χ2v) is 8.44. The maximum Gasteiger partial charge on any atom is 0.233 e. The van der Waals surface area contributed by atoms with E-state index in [1.165, 1.54) is 41.2 Å². The zero-order chi connectivity index (χ0) is 19.1. The first-order valence-corrected chi connectivity index (χ1v) is 10.8. The second kappa shape index (κ2) is 7.13. The summed E-state index contributed by atoms with van der Waals surface area (Å²) in [6, 6.07) is 8.32. The van der Waals surface area contributed by atoms with Crippen LogP contribution in [0.1, 0.15) is 35.8 Å².